The molecule has 0 saturated heterocycles. The highest BCUT2D eigenvalue weighted by Crippen LogP contribution is 2.07. The van der Waals surface area contributed by atoms with Crippen LogP contribution in [0.25, 0.3) is 0 Å². The lowest BCUT2D eigenvalue weighted by atomic mass is 11.5. The Morgan fingerprint density at radius 3 is 2.20 bits per heavy atom. The topological polar surface area (TPSA) is 37.2 Å². The Bertz CT molecular complexity index is 126. The Morgan fingerprint density at radius 2 is 1.90 bits per heavy atom. The molecule has 0 fully saturated rings. The van der Waals surface area contributed by atoms with E-state index in [9.17, 15) is 0 Å². The molecular weight excluding hydrogens is 146 g/mol. The summed E-state index contributed by atoms with van der Waals surface area (Å²) in [6, 6.07) is 0. The molecule has 0 aromatic carbocycles. The van der Waals surface area contributed by atoms with Crippen LogP contribution in [0.15, 0.2) is 10.3 Å². The fourth-order valence-electron chi connectivity index (χ4n) is 0.374. The zero-order valence-electron chi connectivity index (χ0n) is 7.25. The monoisotopic (exact) mass is 161 g/mol. The molecule has 10 heavy (non-hydrogen) atoms. The van der Waals surface area contributed by atoms with Crippen molar-refractivity contribution < 1.29 is 4.43 Å². The van der Waals surface area contributed by atoms with E-state index in [4.69, 9.17) is 4.43 Å². The van der Waals surface area contributed by atoms with Gasteiger partial charge in [0.15, 0.2) is 0 Å². The first-order valence-corrected chi connectivity index (χ1v) is 5.99. The van der Waals surface area contributed by atoms with E-state index in [1.807, 2.05) is 7.05 Å². The van der Waals surface area contributed by atoms with Gasteiger partial charge in [-0.05, 0) is 13.1 Å². The second-order valence-corrected chi connectivity index (χ2v) is 6.41. The molecule has 4 nitrogen and oxygen atoms in total. The maximum absolute atomic E-state index is 5.26. The van der Waals surface area contributed by atoms with E-state index >= 15 is 0 Å². The standard InChI is InChI=1S/C5H15N3OSi/c1-6-7-8(2)10(4,5)9-3/h1-5H3. The first kappa shape index (κ1) is 9.58. The Hall–Kier alpha value is -0.423. The first-order valence-electron chi connectivity index (χ1n) is 3.13. The minimum atomic E-state index is -1.73. The van der Waals surface area contributed by atoms with Gasteiger partial charge in [0.2, 0.25) is 0 Å². The lowest BCUT2D eigenvalue weighted by molar-refractivity contribution is 0.319. The summed E-state index contributed by atoms with van der Waals surface area (Å²) in [5, 5.41) is 7.52. The normalized spacial score (nSPS) is 12.5. The van der Waals surface area contributed by atoms with Gasteiger partial charge >= 0.3 is 8.48 Å². The van der Waals surface area contributed by atoms with Crippen LogP contribution >= 0.6 is 0 Å². The van der Waals surface area contributed by atoms with E-state index in [2.05, 4.69) is 23.4 Å². The van der Waals surface area contributed by atoms with Crippen molar-refractivity contribution in [2.75, 3.05) is 21.2 Å². The van der Waals surface area contributed by atoms with Gasteiger partial charge in [0, 0.05) is 14.2 Å². The summed E-state index contributed by atoms with van der Waals surface area (Å²) < 4.78 is 7.06. The number of nitrogens with zero attached hydrogens (tertiary/aromatic N) is 3. The van der Waals surface area contributed by atoms with Crippen LogP contribution in [0, 0.1) is 0 Å². The van der Waals surface area contributed by atoms with Gasteiger partial charge in [0.05, 0.1) is 7.05 Å². The summed E-state index contributed by atoms with van der Waals surface area (Å²) in [7, 11) is 3.50. The van der Waals surface area contributed by atoms with Gasteiger partial charge in [-0.25, -0.2) is 0 Å². The van der Waals surface area contributed by atoms with Gasteiger partial charge in [-0.15, -0.1) is 0 Å². The van der Waals surface area contributed by atoms with Crippen LogP contribution in [0.4, 0.5) is 0 Å². The van der Waals surface area contributed by atoms with Crippen molar-refractivity contribution in [3.63, 3.8) is 0 Å². The lowest BCUT2D eigenvalue weighted by Gasteiger charge is -2.27. The number of hydrogen-bond acceptors (Lipinski definition) is 3. The third-order valence-corrected chi connectivity index (χ3v) is 4.15. The van der Waals surface area contributed by atoms with Crippen LogP contribution < -0.4 is 0 Å². The van der Waals surface area contributed by atoms with E-state index < -0.39 is 8.48 Å². The highest BCUT2D eigenvalue weighted by molar-refractivity contribution is 6.68. The molecule has 60 valence electrons. The van der Waals surface area contributed by atoms with Crippen LogP contribution in [0.3, 0.4) is 0 Å². The molecule has 0 atom stereocenters. The highest BCUT2D eigenvalue weighted by Gasteiger charge is 2.26. The Kier molecular flexibility index (Phi) is 3.52. The van der Waals surface area contributed by atoms with Crippen molar-refractivity contribution >= 4 is 8.48 Å². The Balaban J connectivity index is 4.03. The third kappa shape index (κ3) is 2.45. The van der Waals surface area contributed by atoms with Gasteiger partial charge in [0.25, 0.3) is 0 Å². The molecule has 0 radical (unpaired) electrons. The third-order valence-electron chi connectivity index (χ3n) is 1.50. The second kappa shape index (κ2) is 3.67. The van der Waals surface area contributed by atoms with Crippen LogP contribution in [0.5, 0.6) is 0 Å². The van der Waals surface area contributed by atoms with Crippen molar-refractivity contribution in [2.24, 2.45) is 10.3 Å². The van der Waals surface area contributed by atoms with E-state index in [0.717, 1.165) is 0 Å². The molecule has 0 saturated carbocycles. The average molecular weight is 161 g/mol. The minimum Gasteiger partial charge on any atom is -0.402 e. The molecule has 0 amide bonds. The Labute approximate surface area is 63.1 Å². The maximum atomic E-state index is 5.26. The van der Waals surface area contributed by atoms with Crippen LogP contribution in [0.1, 0.15) is 0 Å². The van der Waals surface area contributed by atoms with Crippen molar-refractivity contribution in [3.05, 3.63) is 0 Å². The van der Waals surface area contributed by atoms with Crippen LogP contribution in [0.2, 0.25) is 13.1 Å². The lowest BCUT2D eigenvalue weighted by Crippen LogP contribution is -2.44. The molecule has 0 unspecified atom stereocenters. The summed E-state index contributed by atoms with van der Waals surface area (Å²) in [6.07, 6.45) is 0. The predicted octanol–water partition coefficient (Wildman–Crippen LogP) is 1.26. The van der Waals surface area contributed by atoms with E-state index in [0.29, 0.717) is 0 Å². The molecule has 0 bridgehead atoms. The van der Waals surface area contributed by atoms with E-state index in [1.54, 1.807) is 18.8 Å². The molecule has 0 aliphatic heterocycles. The molecule has 0 rings (SSSR count). The van der Waals surface area contributed by atoms with Crippen molar-refractivity contribution in [1.29, 1.82) is 0 Å². The molecule has 0 aliphatic rings. The van der Waals surface area contributed by atoms with Crippen LogP contribution in [-0.4, -0.2) is 34.4 Å². The van der Waals surface area contributed by atoms with Crippen molar-refractivity contribution in [1.82, 2.24) is 4.67 Å². The van der Waals surface area contributed by atoms with E-state index in [1.165, 1.54) is 0 Å². The fourth-order valence-corrected chi connectivity index (χ4v) is 0.943. The molecule has 0 aromatic heterocycles. The maximum Gasteiger partial charge on any atom is 0.312 e. The fraction of sp³-hybridized carbons (Fsp3) is 1.00. The quantitative estimate of drug-likeness (QED) is 0.355. The van der Waals surface area contributed by atoms with Gasteiger partial charge < -0.3 is 4.43 Å². The Morgan fingerprint density at radius 1 is 1.40 bits per heavy atom. The van der Waals surface area contributed by atoms with Gasteiger partial charge in [-0.2, -0.15) is 5.11 Å². The van der Waals surface area contributed by atoms with Crippen LogP contribution in [-0.2, 0) is 4.43 Å². The molecule has 5 heteroatoms. The summed E-state index contributed by atoms with van der Waals surface area (Å²) >= 11 is 0. The zero-order valence-corrected chi connectivity index (χ0v) is 8.25. The number of hydrogen-bond donors (Lipinski definition) is 0. The summed E-state index contributed by atoms with van der Waals surface area (Å²) in [5.41, 5.74) is 0. The van der Waals surface area contributed by atoms with E-state index in [-0.39, 0.29) is 0 Å². The summed E-state index contributed by atoms with van der Waals surface area (Å²) in [6.45, 7) is 4.11. The summed E-state index contributed by atoms with van der Waals surface area (Å²) in [4.78, 5) is 0. The van der Waals surface area contributed by atoms with Gasteiger partial charge in [-0.3, -0.25) is 4.67 Å². The molecule has 0 spiro atoms. The summed E-state index contributed by atoms with van der Waals surface area (Å²) in [5.74, 6) is 0. The average Bonchev–Trinajstić information content (AvgIpc) is 1.89. The zero-order chi connectivity index (χ0) is 8.20. The molecule has 0 aromatic rings. The van der Waals surface area contributed by atoms with Gasteiger partial charge in [-0.1, -0.05) is 5.22 Å². The smallest absolute Gasteiger partial charge is 0.312 e. The molecule has 0 heterocycles. The minimum absolute atomic E-state index is 1.65. The molecule has 0 aliphatic carbocycles. The highest BCUT2D eigenvalue weighted by atomic mass is 28.4. The second-order valence-electron chi connectivity index (χ2n) is 2.46. The molecular formula is C5H15N3OSi. The predicted molar refractivity (Wildman–Crippen MR) is 43.0 cm³/mol. The molecule has 0 N–H and O–H groups in total. The number of rotatable bonds is 3. The van der Waals surface area contributed by atoms with Crippen molar-refractivity contribution in [3.8, 4) is 0 Å². The SMILES string of the molecule is CN=NN(C)[Si](C)(C)OC. The van der Waals surface area contributed by atoms with Crippen molar-refractivity contribution in [2.45, 2.75) is 13.1 Å². The van der Waals surface area contributed by atoms with Gasteiger partial charge in [0.1, 0.15) is 0 Å². The first-order chi connectivity index (χ1) is 4.54. The largest absolute Gasteiger partial charge is 0.402 e.